The number of thiazole rings is 1. The van der Waals surface area contributed by atoms with E-state index in [9.17, 15) is 9.59 Å². The van der Waals surface area contributed by atoms with Crippen molar-refractivity contribution >= 4 is 23.2 Å². The molecule has 1 amide bonds. The van der Waals surface area contributed by atoms with Crippen LogP contribution in [0, 0.1) is 25.7 Å². The normalized spacial score (nSPS) is 28.3. The van der Waals surface area contributed by atoms with E-state index in [1.165, 1.54) is 4.88 Å². The molecule has 1 aromatic heterocycles. The van der Waals surface area contributed by atoms with Crippen molar-refractivity contribution in [2.75, 3.05) is 13.1 Å². The summed E-state index contributed by atoms with van der Waals surface area (Å²) in [6.07, 6.45) is 3.38. The first-order chi connectivity index (χ1) is 10.5. The van der Waals surface area contributed by atoms with E-state index in [-0.39, 0.29) is 11.8 Å². The van der Waals surface area contributed by atoms with Crippen molar-refractivity contribution in [2.45, 2.75) is 45.4 Å². The van der Waals surface area contributed by atoms with E-state index in [1.54, 1.807) is 11.3 Å². The van der Waals surface area contributed by atoms with Crippen LogP contribution in [0.2, 0.25) is 0 Å². The Morgan fingerprint density at radius 1 is 1.23 bits per heavy atom. The van der Waals surface area contributed by atoms with Gasteiger partial charge in [0.2, 0.25) is 5.91 Å². The molecule has 1 saturated carbocycles. The lowest BCUT2D eigenvalue weighted by Crippen LogP contribution is -2.48. The Bertz CT molecular complexity index is 579. The zero-order chi connectivity index (χ0) is 15.9. The average molecular weight is 322 g/mol. The molecule has 22 heavy (non-hydrogen) atoms. The molecular weight excluding hydrogens is 300 g/mol. The standard InChI is InChI=1S/C16H22N2O3S/c1-9-10(2)22-14(17-9)11-4-3-7-18(8-11)15(19)12-5-6-13(12)16(20)21/h11-13H,3-8H2,1-2H3,(H,20,21). The summed E-state index contributed by atoms with van der Waals surface area (Å²) in [7, 11) is 0. The summed E-state index contributed by atoms with van der Waals surface area (Å²) in [5.41, 5.74) is 1.08. The second-order valence-electron chi connectivity index (χ2n) is 6.45. The molecule has 1 aliphatic heterocycles. The summed E-state index contributed by atoms with van der Waals surface area (Å²) in [6.45, 7) is 5.54. The van der Waals surface area contributed by atoms with Crippen molar-refractivity contribution in [3.63, 3.8) is 0 Å². The number of aryl methyl sites for hydroxylation is 2. The van der Waals surface area contributed by atoms with Gasteiger partial charge in [0.05, 0.1) is 22.5 Å². The second kappa shape index (κ2) is 5.99. The number of nitrogens with zero attached hydrogens (tertiary/aromatic N) is 2. The lowest BCUT2D eigenvalue weighted by atomic mass is 9.72. The molecule has 0 bridgehead atoms. The molecule has 3 rings (SSSR count). The zero-order valence-electron chi connectivity index (χ0n) is 13.0. The fraction of sp³-hybridized carbons (Fsp3) is 0.688. The third kappa shape index (κ3) is 2.76. The Balaban J connectivity index is 1.68. The molecule has 3 unspecified atom stereocenters. The number of hydrogen-bond acceptors (Lipinski definition) is 4. The molecule has 0 aromatic carbocycles. The smallest absolute Gasteiger partial charge is 0.307 e. The summed E-state index contributed by atoms with van der Waals surface area (Å²) < 4.78 is 0. The molecule has 0 spiro atoms. The number of likely N-dealkylation sites (tertiary alicyclic amines) is 1. The van der Waals surface area contributed by atoms with Crippen LogP contribution in [0.4, 0.5) is 0 Å². The van der Waals surface area contributed by atoms with E-state index in [1.807, 2.05) is 11.8 Å². The van der Waals surface area contributed by atoms with Gasteiger partial charge < -0.3 is 10.0 Å². The first-order valence-electron chi connectivity index (χ1n) is 7.93. The van der Waals surface area contributed by atoms with Crippen LogP contribution in [0.5, 0.6) is 0 Å². The number of carbonyl (C=O) groups excluding carboxylic acids is 1. The highest BCUT2D eigenvalue weighted by Gasteiger charge is 2.44. The summed E-state index contributed by atoms with van der Waals surface area (Å²) in [5.74, 6) is -1.27. The molecule has 2 aliphatic rings. The molecule has 3 atom stereocenters. The van der Waals surface area contributed by atoms with E-state index >= 15 is 0 Å². The molecular formula is C16H22N2O3S. The topological polar surface area (TPSA) is 70.5 Å². The highest BCUT2D eigenvalue weighted by atomic mass is 32.1. The number of piperidine rings is 1. The molecule has 6 heteroatoms. The summed E-state index contributed by atoms with van der Waals surface area (Å²) in [6, 6.07) is 0. The third-order valence-corrected chi connectivity index (χ3v) is 6.27. The molecule has 0 radical (unpaired) electrons. The fourth-order valence-electron chi connectivity index (χ4n) is 3.38. The quantitative estimate of drug-likeness (QED) is 0.928. The molecule has 120 valence electrons. The maximum Gasteiger partial charge on any atom is 0.307 e. The van der Waals surface area contributed by atoms with E-state index < -0.39 is 11.9 Å². The highest BCUT2D eigenvalue weighted by Crippen LogP contribution is 2.38. The van der Waals surface area contributed by atoms with Crippen LogP contribution < -0.4 is 0 Å². The number of amides is 1. The van der Waals surface area contributed by atoms with Gasteiger partial charge in [0.1, 0.15) is 0 Å². The first kappa shape index (κ1) is 15.5. The van der Waals surface area contributed by atoms with Gasteiger partial charge in [-0.25, -0.2) is 4.98 Å². The lowest BCUT2D eigenvalue weighted by Gasteiger charge is -2.39. The summed E-state index contributed by atoms with van der Waals surface area (Å²) in [5, 5.41) is 10.3. The Morgan fingerprint density at radius 3 is 2.50 bits per heavy atom. The molecule has 2 fully saturated rings. The maximum atomic E-state index is 12.6. The van der Waals surface area contributed by atoms with E-state index in [0.29, 0.717) is 25.3 Å². The molecule has 1 aromatic rings. The van der Waals surface area contributed by atoms with Crippen LogP contribution in [0.1, 0.15) is 47.2 Å². The van der Waals surface area contributed by atoms with Gasteiger partial charge in [-0.2, -0.15) is 0 Å². The Kier molecular flexibility index (Phi) is 4.21. The number of carboxylic acids is 1. The monoisotopic (exact) mass is 322 g/mol. The van der Waals surface area contributed by atoms with Crippen LogP contribution in [0.25, 0.3) is 0 Å². The fourth-order valence-corrected chi connectivity index (χ4v) is 4.43. The van der Waals surface area contributed by atoms with Gasteiger partial charge in [-0.3, -0.25) is 9.59 Å². The second-order valence-corrected chi connectivity index (χ2v) is 7.68. The van der Waals surface area contributed by atoms with Gasteiger partial charge in [0.25, 0.3) is 0 Å². The lowest BCUT2D eigenvalue weighted by molar-refractivity contribution is -0.157. The van der Waals surface area contributed by atoms with Crippen LogP contribution in [0.3, 0.4) is 0 Å². The minimum Gasteiger partial charge on any atom is -0.481 e. The van der Waals surface area contributed by atoms with Crippen LogP contribution in [-0.2, 0) is 9.59 Å². The van der Waals surface area contributed by atoms with Crippen molar-refractivity contribution < 1.29 is 14.7 Å². The van der Waals surface area contributed by atoms with E-state index in [2.05, 4.69) is 11.9 Å². The Morgan fingerprint density at radius 2 is 1.95 bits per heavy atom. The van der Waals surface area contributed by atoms with Crippen molar-refractivity contribution in [1.82, 2.24) is 9.88 Å². The van der Waals surface area contributed by atoms with Gasteiger partial charge in [0, 0.05) is 23.9 Å². The predicted octanol–water partition coefficient (Wildman–Crippen LogP) is 2.58. The molecule has 2 heterocycles. The third-order valence-electron chi connectivity index (χ3n) is 5.04. The van der Waals surface area contributed by atoms with Crippen LogP contribution in [0.15, 0.2) is 0 Å². The number of aromatic nitrogens is 1. The Labute approximate surface area is 134 Å². The molecule has 5 nitrogen and oxygen atoms in total. The molecule has 1 aliphatic carbocycles. The minimum absolute atomic E-state index is 0.0355. The number of aliphatic carboxylic acids is 1. The summed E-state index contributed by atoms with van der Waals surface area (Å²) >= 11 is 1.73. The number of carboxylic acid groups (broad SMARTS) is 1. The maximum absolute atomic E-state index is 12.6. The van der Waals surface area contributed by atoms with Crippen molar-refractivity contribution in [3.05, 3.63) is 15.6 Å². The largest absolute Gasteiger partial charge is 0.481 e. The van der Waals surface area contributed by atoms with Crippen LogP contribution in [-0.4, -0.2) is 40.0 Å². The van der Waals surface area contributed by atoms with E-state index in [0.717, 1.165) is 30.1 Å². The molecule has 1 N–H and O–H groups in total. The highest BCUT2D eigenvalue weighted by molar-refractivity contribution is 7.11. The van der Waals surface area contributed by atoms with Crippen molar-refractivity contribution in [1.29, 1.82) is 0 Å². The van der Waals surface area contributed by atoms with Crippen LogP contribution >= 0.6 is 11.3 Å². The van der Waals surface area contributed by atoms with Gasteiger partial charge >= 0.3 is 5.97 Å². The summed E-state index contributed by atoms with van der Waals surface area (Å²) in [4.78, 5) is 31.5. The zero-order valence-corrected chi connectivity index (χ0v) is 13.9. The van der Waals surface area contributed by atoms with Gasteiger partial charge in [-0.1, -0.05) is 0 Å². The van der Waals surface area contributed by atoms with Crippen molar-refractivity contribution in [3.8, 4) is 0 Å². The van der Waals surface area contributed by atoms with Crippen molar-refractivity contribution in [2.24, 2.45) is 11.8 Å². The first-order valence-corrected chi connectivity index (χ1v) is 8.74. The molecule has 1 saturated heterocycles. The SMILES string of the molecule is Cc1nc(C2CCCN(C(=O)C3CCC3C(=O)O)C2)sc1C. The average Bonchev–Trinajstić information content (AvgIpc) is 2.77. The Hall–Kier alpha value is -1.43. The minimum atomic E-state index is -0.829. The number of rotatable bonds is 3. The van der Waals surface area contributed by atoms with Gasteiger partial charge in [0.15, 0.2) is 0 Å². The predicted molar refractivity (Wildman–Crippen MR) is 84.0 cm³/mol. The number of carbonyl (C=O) groups is 2. The van der Waals surface area contributed by atoms with Gasteiger partial charge in [-0.05, 0) is 39.5 Å². The van der Waals surface area contributed by atoms with Gasteiger partial charge in [-0.15, -0.1) is 11.3 Å². The number of hydrogen-bond donors (Lipinski definition) is 1. The van der Waals surface area contributed by atoms with E-state index in [4.69, 9.17) is 5.11 Å².